The smallest absolute Gasteiger partial charge is 0.239 e. The van der Waals surface area contributed by atoms with Crippen LogP contribution >= 0.6 is 24.8 Å². The van der Waals surface area contributed by atoms with Gasteiger partial charge in [-0.1, -0.05) is 6.92 Å². The van der Waals surface area contributed by atoms with E-state index in [0.717, 1.165) is 58.7 Å². The Morgan fingerprint density at radius 2 is 1.95 bits per heavy atom. The zero-order valence-electron chi connectivity index (χ0n) is 13.7. The summed E-state index contributed by atoms with van der Waals surface area (Å²) in [6.45, 7) is 7.54. The van der Waals surface area contributed by atoms with Crippen LogP contribution in [-0.2, 0) is 9.53 Å². The lowest BCUT2D eigenvalue weighted by Crippen LogP contribution is -2.48. The molecule has 2 saturated heterocycles. The van der Waals surface area contributed by atoms with Crippen molar-refractivity contribution >= 4 is 30.7 Å². The highest BCUT2D eigenvalue weighted by atomic mass is 35.5. The largest absolute Gasteiger partial charge is 0.381 e. The number of ether oxygens (including phenoxy) is 1. The second kappa shape index (κ2) is 10.7. The van der Waals surface area contributed by atoms with Crippen LogP contribution in [-0.4, -0.2) is 68.2 Å². The van der Waals surface area contributed by atoms with Gasteiger partial charge in [0.2, 0.25) is 5.91 Å². The Morgan fingerprint density at radius 3 is 2.55 bits per heavy atom. The number of nitrogens with two attached hydrogens (primary N) is 1. The Hall–Kier alpha value is -0.0700. The van der Waals surface area contributed by atoms with Gasteiger partial charge in [0.05, 0.1) is 6.04 Å². The van der Waals surface area contributed by atoms with E-state index in [1.165, 1.54) is 0 Å². The molecular formula is C15H31Cl2N3O2. The number of halogens is 2. The molecule has 0 aliphatic carbocycles. The van der Waals surface area contributed by atoms with Gasteiger partial charge < -0.3 is 20.3 Å². The molecule has 0 spiro atoms. The molecule has 2 aliphatic rings. The SMILES string of the molecule is CCN(C)CC1CCN(C(=O)C(N)C2CCOCC2)C1.Cl.Cl. The molecule has 0 aromatic heterocycles. The summed E-state index contributed by atoms with van der Waals surface area (Å²) >= 11 is 0. The maximum Gasteiger partial charge on any atom is 0.239 e. The molecule has 2 fully saturated rings. The number of amides is 1. The van der Waals surface area contributed by atoms with Crippen LogP contribution in [0.2, 0.25) is 0 Å². The second-order valence-electron chi connectivity index (χ2n) is 6.27. The fourth-order valence-electron chi connectivity index (χ4n) is 3.24. The number of likely N-dealkylation sites (tertiary alicyclic amines) is 1. The van der Waals surface area contributed by atoms with E-state index in [2.05, 4.69) is 18.9 Å². The summed E-state index contributed by atoms with van der Waals surface area (Å²) in [6, 6.07) is -0.332. The number of nitrogens with zero attached hydrogens (tertiary/aromatic N) is 2. The molecule has 132 valence electrons. The minimum absolute atomic E-state index is 0. The fraction of sp³-hybridized carbons (Fsp3) is 0.933. The molecule has 2 unspecified atom stereocenters. The molecule has 0 saturated carbocycles. The van der Waals surface area contributed by atoms with E-state index in [-0.39, 0.29) is 36.8 Å². The van der Waals surface area contributed by atoms with E-state index in [4.69, 9.17) is 10.5 Å². The Morgan fingerprint density at radius 1 is 1.32 bits per heavy atom. The van der Waals surface area contributed by atoms with Crippen LogP contribution in [0.25, 0.3) is 0 Å². The molecule has 2 rings (SSSR count). The normalized spacial score (nSPS) is 23.8. The average molecular weight is 356 g/mol. The average Bonchev–Trinajstić information content (AvgIpc) is 2.95. The van der Waals surface area contributed by atoms with Gasteiger partial charge in [-0.3, -0.25) is 4.79 Å². The van der Waals surface area contributed by atoms with Gasteiger partial charge in [0.1, 0.15) is 0 Å². The second-order valence-corrected chi connectivity index (χ2v) is 6.27. The van der Waals surface area contributed by atoms with Gasteiger partial charge in [-0.2, -0.15) is 0 Å². The van der Waals surface area contributed by atoms with E-state index in [1.54, 1.807) is 0 Å². The van der Waals surface area contributed by atoms with Gasteiger partial charge in [0.25, 0.3) is 0 Å². The summed E-state index contributed by atoms with van der Waals surface area (Å²) in [5, 5.41) is 0. The quantitative estimate of drug-likeness (QED) is 0.809. The van der Waals surface area contributed by atoms with Gasteiger partial charge in [-0.05, 0) is 44.7 Å². The molecule has 1 amide bonds. The molecule has 0 aromatic carbocycles. The van der Waals surface area contributed by atoms with Gasteiger partial charge in [-0.15, -0.1) is 24.8 Å². The Balaban J connectivity index is 0.00000220. The fourth-order valence-corrected chi connectivity index (χ4v) is 3.24. The van der Waals surface area contributed by atoms with Crippen LogP contribution < -0.4 is 5.73 Å². The van der Waals surface area contributed by atoms with Crippen molar-refractivity contribution in [2.45, 2.75) is 32.2 Å². The van der Waals surface area contributed by atoms with Crippen LogP contribution in [0.4, 0.5) is 0 Å². The Labute approximate surface area is 146 Å². The first-order chi connectivity index (χ1) is 9.61. The Bertz CT molecular complexity index is 328. The summed E-state index contributed by atoms with van der Waals surface area (Å²) in [6.07, 6.45) is 2.95. The third-order valence-corrected chi connectivity index (χ3v) is 4.77. The topological polar surface area (TPSA) is 58.8 Å². The van der Waals surface area contributed by atoms with Gasteiger partial charge >= 0.3 is 0 Å². The predicted octanol–water partition coefficient (Wildman–Crippen LogP) is 1.38. The third kappa shape index (κ3) is 5.85. The zero-order valence-corrected chi connectivity index (χ0v) is 15.3. The van der Waals surface area contributed by atoms with Crippen LogP contribution in [0.5, 0.6) is 0 Å². The lowest BCUT2D eigenvalue weighted by Gasteiger charge is -2.30. The standard InChI is InChI=1S/C15H29N3O2.2ClH/c1-3-17(2)10-12-4-7-18(11-12)15(19)14(16)13-5-8-20-9-6-13;;/h12-14H,3-11,16H2,1-2H3;2*1H. The number of hydrogen-bond acceptors (Lipinski definition) is 4. The van der Waals surface area contributed by atoms with Crippen LogP contribution in [0.3, 0.4) is 0 Å². The molecule has 0 aromatic rings. The highest BCUT2D eigenvalue weighted by Gasteiger charge is 2.33. The van der Waals surface area contributed by atoms with E-state index in [0.29, 0.717) is 11.8 Å². The number of carbonyl (C=O) groups excluding carboxylic acids is 1. The molecule has 22 heavy (non-hydrogen) atoms. The first kappa shape index (κ1) is 21.9. The highest BCUT2D eigenvalue weighted by Crippen LogP contribution is 2.22. The van der Waals surface area contributed by atoms with Crippen molar-refractivity contribution in [3.63, 3.8) is 0 Å². The lowest BCUT2D eigenvalue weighted by molar-refractivity contribution is -0.133. The summed E-state index contributed by atoms with van der Waals surface area (Å²) in [5.41, 5.74) is 6.19. The highest BCUT2D eigenvalue weighted by molar-refractivity contribution is 5.85. The molecule has 0 radical (unpaired) electrons. The van der Waals surface area contributed by atoms with Crippen molar-refractivity contribution in [1.29, 1.82) is 0 Å². The monoisotopic (exact) mass is 355 g/mol. The van der Waals surface area contributed by atoms with E-state index >= 15 is 0 Å². The van der Waals surface area contributed by atoms with Crippen molar-refractivity contribution in [3.8, 4) is 0 Å². The molecule has 2 atom stereocenters. The number of hydrogen-bond donors (Lipinski definition) is 1. The lowest BCUT2D eigenvalue weighted by atomic mass is 9.91. The minimum Gasteiger partial charge on any atom is -0.381 e. The van der Waals surface area contributed by atoms with Crippen molar-refractivity contribution in [3.05, 3.63) is 0 Å². The van der Waals surface area contributed by atoms with Gasteiger partial charge in [-0.25, -0.2) is 0 Å². The molecule has 5 nitrogen and oxygen atoms in total. The van der Waals surface area contributed by atoms with E-state index in [1.807, 2.05) is 4.90 Å². The molecule has 2 heterocycles. The van der Waals surface area contributed by atoms with E-state index in [9.17, 15) is 4.79 Å². The predicted molar refractivity (Wildman–Crippen MR) is 93.9 cm³/mol. The molecule has 0 bridgehead atoms. The van der Waals surface area contributed by atoms with Crippen LogP contribution in [0.1, 0.15) is 26.2 Å². The van der Waals surface area contributed by atoms with Crippen molar-refractivity contribution in [2.24, 2.45) is 17.6 Å². The van der Waals surface area contributed by atoms with Gasteiger partial charge in [0, 0.05) is 32.8 Å². The molecule has 2 aliphatic heterocycles. The zero-order chi connectivity index (χ0) is 14.5. The summed E-state index contributed by atoms with van der Waals surface area (Å²) in [4.78, 5) is 16.8. The van der Waals surface area contributed by atoms with E-state index < -0.39 is 0 Å². The Kier molecular flexibility index (Phi) is 10.6. The van der Waals surface area contributed by atoms with Gasteiger partial charge in [0.15, 0.2) is 0 Å². The van der Waals surface area contributed by atoms with Crippen molar-refractivity contribution < 1.29 is 9.53 Å². The van der Waals surface area contributed by atoms with Crippen molar-refractivity contribution in [2.75, 3.05) is 46.4 Å². The third-order valence-electron chi connectivity index (χ3n) is 4.77. The van der Waals surface area contributed by atoms with Crippen LogP contribution in [0, 0.1) is 11.8 Å². The number of carbonyl (C=O) groups is 1. The number of rotatable bonds is 5. The molecule has 7 heteroatoms. The molecular weight excluding hydrogens is 325 g/mol. The first-order valence-corrected chi connectivity index (χ1v) is 7.92. The van der Waals surface area contributed by atoms with Crippen LogP contribution in [0.15, 0.2) is 0 Å². The minimum atomic E-state index is -0.332. The van der Waals surface area contributed by atoms with Crippen molar-refractivity contribution in [1.82, 2.24) is 9.80 Å². The summed E-state index contributed by atoms with van der Waals surface area (Å²) in [5.74, 6) is 1.05. The maximum atomic E-state index is 12.5. The molecule has 2 N–H and O–H groups in total. The summed E-state index contributed by atoms with van der Waals surface area (Å²) in [7, 11) is 2.14. The summed E-state index contributed by atoms with van der Waals surface area (Å²) < 4.78 is 5.34. The first-order valence-electron chi connectivity index (χ1n) is 7.92. The maximum absolute atomic E-state index is 12.5.